The number of aromatic nitrogens is 1. The van der Waals surface area contributed by atoms with E-state index >= 15 is 0 Å². The standard InChI is InChI=1S/C26H22FN3O4S/c1-33-23-14-18(7-12-22(23)34-16-24(31)29-20-10-8-19(27)9-11-20)25(32)30-26-28-15-21(35-26)13-17-5-3-2-4-6-17/h2-12,14-15H,13,16H2,1H3,(H,29,31)(H,28,30,32). The molecule has 0 aliphatic carbocycles. The summed E-state index contributed by atoms with van der Waals surface area (Å²) in [5.41, 5.74) is 1.97. The number of amides is 2. The van der Waals surface area contributed by atoms with Crippen molar-refractivity contribution in [1.82, 2.24) is 4.98 Å². The number of rotatable bonds is 9. The molecular weight excluding hydrogens is 469 g/mol. The molecule has 0 aliphatic rings. The van der Waals surface area contributed by atoms with Gasteiger partial charge >= 0.3 is 0 Å². The van der Waals surface area contributed by atoms with Crippen LogP contribution in [0.25, 0.3) is 0 Å². The number of anilines is 2. The SMILES string of the molecule is COc1cc(C(=O)Nc2ncc(Cc3ccccc3)s2)ccc1OCC(=O)Nc1ccc(F)cc1. The molecule has 4 aromatic rings. The van der Waals surface area contributed by atoms with Gasteiger partial charge < -0.3 is 14.8 Å². The Balaban J connectivity index is 1.34. The molecule has 0 spiro atoms. The summed E-state index contributed by atoms with van der Waals surface area (Å²) in [5, 5.41) is 5.91. The van der Waals surface area contributed by atoms with Crippen LogP contribution in [-0.2, 0) is 11.2 Å². The molecule has 178 valence electrons. The Kier molecular flexibility index (Phi) is 7.69. The van der Waals surface area contributed by atoms with Crippen LogP contribution in [0.2, 0.25) is 0 Å². The number of benzene rings is 3. The minimum Gasteiger partial charge on any atom is -0.493 e. The molecular formula is C26H22FN3O4S. The van der Waals surface area contributed by atoms with Gasteiger partial charge in [0, 0.05) is 28.7 Å². The third-order valence-corrected chi connectivity index (χ3v) is 5.82. The fraction of sp³-hybridized carbons (Fsp3) is 0.115. The summed E-state index contributed by atoms with van der Waals surface area (Å²) in [5.74, 6) is -0.551. The van der Waals surface area contributed by atoms with E-state index in [9.17, 15) is 14.0 Å². The number of halogens is 1. The number of hydrogen-bond donors (Lipinski definition) is 2. The van der Waals surface area contributed by atoms with Crippen LogP contribution in [0.3, 0.4) is 0 Å². The number of nitrogens with zero attached hydrogens (tertiary/aromatic N) is 1. The van der Waals surface area contributed by atoms with E-state index in [4.69, 9.17) is 9.47 Å². The van der Waals surface area contributed by atoms with Crippen molar-refractivity contribution in [2.45, 2.75) is 6.42 Å². The lowest BCUT2D eigenvalue weighted by molar-refractivity contribution is -0.118. The van der Waals surface area contributed by atoms with Crippen molar-refractivity contribution in [1.29, 1.82) is 0 Å². The average molecular weight is 492 g/mol. The van der Waals surface area contributed by atoms with Crippen molar-refractivity contribution < 1.29 is 23.5 Å². The van der Waals surface area contributed by atoms with Crippen LogP contribution in [0.15, 0.2) is 79.0 Å². The predicted molar refractivity (Wildman–Crippen MR) is 133 cm³/mol. The maximum atomic E-state index is 13.0. The molecule has 9 heteroatoms. The van der Waals surface area contributed by atoms with Gasteiger partial charge in [-0.1, -0.05) is 30.3 Å². The van der Waals surface area contributed by atoms with Gasteiger partial charge in [0.25, 0.3) is 11.8 Å². The van der Waals surface area contributed by atoms with Crippen molar-refractivity contribution in [3.05, 3.63) is 101 Å². The van der Waals surface area contributed by atoms with Gasteiger partial charge in [0.1, 0.15) is 5.82 Å². The Hall–Kier alpha value is -4.24. The first-order valence-electron chi connectivity index (χ1n) is 10.7. The minimum absolute atomic E-state index is 0.289. The second-order valence-electron chi connectivity index (χ2n) is 7.46. The van der Waals surface area contributed by atoms with Gasteiger partial charge in [-0.2, -0.15) is 0 Å². The molecule has 0 atom stereocenters. The van der Waals surface area contributed by atoms with Crippen molar-refractivity contribution in [3.63, 3.8) is 0 Å². The fourth-order valence-electron chi connectivity index (χ4n) is 3.22. The molecule has 7 nitrogen and oxygen atoms in total. The highest BCUT2D eigenvalue weighted by atomic mass is 32.1. The lowest BCUT2D eigenvalue weighted by Gasteiger charge is -2.12. The van der Waals surface area contributed by atoms with E-state index in [1.54, 1.807) is 18.3 Å². The second kappa shape index (κ2) is 11.3. The first-order chi connectivity index (χ1) is 17.0. The summed E-state index contributed by atoms with van der Waals surface area (Å²) in [6.07, 6.45) is 2.49. The molecule has 0 radical (unpaired) electrons. The number of thiazole rings is 1. The van der Waals surface area contributed by atoms with Crippen LogP contribution < -0.4 is 20.1 Å². The van der Waals surface area contributed by atoms with Crippen molar-refractivity contribution in [3.8, 4) is 11.5 Å². The monoisotopic (exact) mass is 491 g/mol. The first-order valence-corrected chi connectivity index (χ1v) is 11.5. The second-order valence-corrected chi connectivity index (χ2v) is 8.57. The summed E-state index contributed by atoms with van der Waals surface area (Å²) >= 11 is 1.41. The zero-order chi connectivity index (χ0) is 24.6. The van der Waals surface area contributed by atoms with Crippen LogP contribution in [0.4, 0.5) is 15.2 Å². The molecule has 2 amide bonds. The normalized spacial score (nSPS) is 10.5. The molecule has 1 heterocycles. The Morgan fingerprint density at radius 3 is 2.49 bits per heavy atom. The van der Waals surface area contributed by atoms with Crippen molar-refractivity contribution >= 4 is 34.0 Å². The van der Waals surface area contributed by atoms with Crippen molar-refractivity contribution in [2.75, 3.05) is 24.4 Å². The molecule has 1 aromatic heterocycles. The van der Waals surface area contributed by atoms with Crippen molar-refractivity contribution in [2.24, 2.45) is 0 Å². The highest BCUT2D eigenvalue weighted by Crippen LogP contribution is 2.29. The van der Waals surface area contributed by atoms with E-state index in [1.807, 2.05) is 30.3 Å². The molecule has 0 saturated carbocycles. The third-order valence-electron chi connectivity index (χ3n) is 4.91. The summed E-state index contributed by atoms with van der Waals surface area (Å²) in [6, 6.07) is 20.1. The van der Waals surface area contributed by atoms with E-state index in [1.165, 1.54) is 54.3 Å². The maximum Gasteiger partial charge on any atom is 0.262 e. The summed E-state index contributed by atoms with van der Waals surface area (Å²) in [6.45, 7) is -0.289. The lowest BCUT2D eigenvalue weighted by atomic mass is 10.1. The molecule has 0 aliphatic heterocycles. The number of methoxy groups -OCH3 is 1. The first kappa shape index (κ1) is 23.9. The van der Waals surface area contributed by atoms with Gasteiger partial charge in [0.05, 0.1) is 7.11 Å². The van der Waals surface area contributed by atoms with E-state index in [0.717, 1.165) is 11.3 Å². The maximum absolute atomic E-state index is 13.0. The number of carbonyl (C=O) groups is 2. The summed E-state index contributed by atoms with van der Waals surface area (Å²) < 4.78 is 23.9. The number of nitrogens with one attached hydrogen (secondary N) is 2. The Labute approximate surface area is 205 Å². The van der Waals surface area contributed by atoms with Gasteiger partial charge in [-0.25, -0.2) is 9.37 Å². The zero-order valence-electron chi connectivity index (χ0n) is 18.8. The summed E-state index contributed by atoms with van der Waals surface area (Å²) in [4.78, 5) is 30.2. The van der Waals surface area contributed by atoms with E-state index < -0.39 is 11.7 Å². The Morgan fingerprint density at radius 1 is 0.971 bits per heavy atom. The minimum atomic E-state index is -0.421. The van der Waals surface area contributed by atoms with Crippen LogP contribution >= 0.6 is 11.3 Å². The molecule has 3 aromatic carbocycles. The number of carbonyl (C=O) groups excluding carboxylic acids is 2. The van der Waals surface area contributed by atoms with Crippen LogP contribution in [-0.4, -0.2) is 30.5 Å². The number of ether oxygens (including phenoxy) is 2. The van der Waals surface area contributed by atoms with Crippen LogP contribution in [0.5, 0.6) is 11.5 Å². The Morgan fingerprint density at radius 2 is 1.74 bits per heavy atom. The van der Waals surface area contributed by atoms with E-state index in [2.05, 4.69) is 15.6 Å². The molecule has 4 rings (SSSR count). The van der Waals surface area contributed by atoms with Gasteiger partial charge in [-0.05, 0) is 48.0 Å². The smallest absolute Gasteiger partial charge is 0.262 e. The molecule has 35 heavy (non-hydrogen) atoms. The van der Waals surface area contributed by atoms with Crippen LogP contribution in [0, 0.1) is 5.82 Å². The van der Waals surface area contributed by atoms with E-state index in [0.29, 0.717) is 27.9 Å². The van der Waals surface area contributed by atoms with E-state index in [-0.39, 0.29) is 12.5 Å². The molecule has 2 N–H and O–H groups in total. The van der Waals surface area contributed by atoms with Gasteiger partial charge in [0.15, 0.2) is 23.2 Å². The molecule has 0 fully saturated rings. The summed E-state index contributed by atoms with van der Waals surface area (Å²) in [7, 11) is 1.44. The Bertz CT molecular complexity index is 1310. The van der Waals surface area contributed by atoms with Gasteiger partial charge in [0.2, 0.25) is 0 Å². The highest BCUT2D eigenvalue weighted by molar-refractivity contribution is 7.15. The largest absolute Gasteiger partial charge is 0.493 e. The highest BCUT2D eigenvalue weighted by Gasteiger charge is 2.14. The zero-order valence-corrected chi connectivity index (χ0v) is 19.6. The number of hydrogen-bond acceptors (Lipinski definition) is 6. The average Bonchev–Trinajstić information content (AvgIpc) is 3.31. The quantitative estimate of drug-likeness (QED) is 0.338. The molecule has 0 saturated heterocycles. The topological polar surface area (TPSA) is 89.6 Å². The third kappa shape index (κ3) is 6.64. The molecule has 0 bridgehead atoms. The predicted octanol–water partition coefficient (Wildman–Crippen LogP) is 5.15. The van der Waals surface area contributed by atoms with Gasteiger partial charge in [-0.3, -0.25) is 14.9 Å². The molecule has 0 unspecified atom stereocenters. The lowest BCUT2D eigenvalue weighted by Crippen LogP contribution is -2.20. The fourth-order valence-corrected chi connectivity index (χ4v) is 4.06. The van der Waals surface area contributed by atoms with Gasteiger partial charge in [-0.15, -0.1) is 11.3 Å². The van der Waals surface area contributed by atoms with Crippen LogP contribution in [0.1, 0.15) is 20.8 Å².